The highest BCUT2D eigenvalue weighted by molar-refractivity contribution is 5.27. The average molecular weight is 219 g/mol. The predicted octanol–water partition coefficient (Wildman–Crippen LogP) is 3.20. The third-order valence-electron chi connectivity index (χ3n) is 2.68. The first-order valence-corrected chi connectivity index (χ1v) is 5.52. The second kappa shape index (κ2) is 6.30. The predicted molar refractivity (Wildman–Crippen MR) is 65.6 cm³/mol. The van der Waals surface area contributed by atoms with Gasteiger partial charge < -0.3 is 5.32 Å². The van der Waals surface area contributed by atoms with Crippen LogP contribution in [0.1, 0.15) is 36.9 Å². The van der Waals surface area contributed by atoms with Gasteiger partial charge in [0.05, 0.1) is 0 Å². The molecule has 0 saturated carbocycles. The Morgan fingerprint density at radius 1 is 1.44 bits per heavy atom. The van der Waals surface area contributed by atoms with E-state index in [1.165, 1.54) is 0 Å². The van der Waals surface area contributed by atoms with Crippen LogP contribution in [0.4, 0.5) is 4.39 Å². The van der Waals surface area contributed by atoms with E-state index in [-0.39, 0.29) is 11.9 Å². The Balaban J connectivity index is 2.85. The average Bonchev–Trinajstić information content (AvgIpc) is 2.29. The van der Waals surface area contributed by atoms with Crippen molar-refractivity contribution < 1.29 is 4.39 Å². The van der Waals surface area contributed by atoms with Crippen LogP contribution < -0.4 is 5.32 Å². The normalized spacial score (nSPS) is 11.8. The summed E-state index contributed by atoms with van der Waals surface area (Å²) < 4.78 is 13.9. The van der Waals surface area contributed by atoms with Crippen LogP contribution in [0.25, 0.3) is 0 Å². The molecule has 1 aromatic rings. The van der Waals surface area contributed by atoms with Gasteiger partial charge in [0.25, 0.3) is 0 Å². The second-order valence-corrected chi connectivity index (χ2v) is 3.78. The molecule has 1 unspecified atom stereocenters. The van der Waals surface area contributed by atoms with E-state index in [0.29, 0.717) is 5.56 Å². The molecular formula is C14H18FN. The molecule has 16 heavy (non-hydrogen) atoms. The van der Waals surface area contributed by atoms with Gasteiger partial charge in [0, 0.05) is 18.0 Å². The minimum absolute atomic E-state index is 0.0424. The molecule has 0 aromatic heterocycles. The summed E-state index contributed by atoms with van der Waals surface area (Å²) in [4.78, 5) is 0. The summed E-state index contributed by atoms with van der Waals surface area (Å²) in [6.07, 6.45) is 1.62. The molecule has 0 bridgehead atoms. The maximum atomic E-state index is 13.9. The number of aryl methyl sites for hydroxylation is 1. The van der Waals surface area contributed by atoms with Crippen molar-refractivity contribution in [3.05, 3.63) is 35.1 Å². The van der Waals surface area contributed by atoms with Crippen molar-refractivity contribution in [2.75, 3.05) is 7.05 Å². The number of benzene rings is 1. The van der Waals surface area contributed by atoms with E-state index in [1.807, 2.05) is 26.1 Å². The number of hydrogen-bond donors (Lipinski definition) is 1. The first kappa shape index (κ1) is 12.7. The monoisotopic (exact) mass is 219 g/mol. The quantitative estimate of drug-likeness (QED) is 0.767. The smallest absolute Gasteiger partial charge is 0.130 e. The van der Waals surface area contributed by atoms with Crippen molar-refractivity contribution in [3.8, 4) is 11.8 Å². The van der Waals surface area contributed by atoms with Gasteiger partial charge in [-0.1, -0.05) is 18.2 Å². The molecule has 0 aliphatic carbocycles. The van der Waals surface area contributed by atoms with Gasteiger partial charge in [0.15, 0.2) is 0 Å². The van der Waals surface area contributed by atoms with Crippen molar-refractivity contribution >= 4 is 0 Å². The van der Waals surface area contributed by atoms with Crippen molar-refractivity contribution in [1.82, 2.24) is 5.32 Å². The lowest BCUT2D eigenvalue weighted by Gasteiger charge is -2.17. The molecule has 1 aromatic carbocycles. The second-order valence-electron chi connectivity index (χ2n) is 3.78. The molecule has 86 valence electrons. The Morgan fingerprint density at radius 3 is 2.81 bits per heavy atom. The molecular weight excluding hydrogens is 201 g/mol. The van der Waals surface area contributed by atoms with Gasteiger partial charge in [0.2, 0.25) is 0 Å². The van der Waals surface area contributed by atoms with E-state index in [1.54, 1.807) is 13.0 Å². The van der Waals surface area contributed by atoms with Crippen molar-refractivity contribution in [1.29, 1.82) is 0 Å². The minimum Gasteiger partial charge on any atom is -0.313 e. The van der Waals surface area contributed by atoms with Gasteiger partial charge in [-0.25, -0.2) is 4.39 Å². The highest BCUT2D eigenvalue weighted by Crippen LogP contribution is 2.22. The largest absolute Gasteiger partial charge is 0.313 e. The Labute approximate surface area is 97.1 Å². The zero-order valence-corrected chi connectivity index (χ0v) is 10.1. The standard InChI is InChI=1S/C14H18FN/c1-4-5-6-10-13(16-3)12-9-7-8-11(2)14(12)15/h7-9,13,16H,6,10H2,1-3H3. The molecule has 1 atom stereocenters. The molecule has 0 radical (unpaired) electrons. The van der Waals surface area contributed by atoms with E-state index in [2.05, 4.69) is 17.2 Å². The first-order valence-electron chi connectivity index (χ1n) is 5.52. The van der Waals surface area contributed by atoms with Crippen molar-refractivity contribution in [3.63, 3.8) is 0 Å². The fourth-order valence-corrected chi connectivity index (χ4v) is 1.74. The maximum Gasteiger partial charge on any atom is 0.130 e. The number of halogens is 1. The molecule has 1 nitrogen and oxygen atoms in total. The zero-order chi connectivity index (χ0) is 12.0. The minimum atomic E-state index is -0.105. The maximum absolute atomic E-state index is 13.9. The number of nitrogens with one attached hydrogen (secondary N) is 1. The first-order chi connectivity index (χ1) is 7.70. The molecule has 0 saturated heterocycles. The summed E-state index contributed by atoms with van der Waals surface area (Å²) in [5, 5.41) is 3.14. The van der Waals surface area contributed by atoms with Gasteiger partial charge in [-0.05, 0) is 32.9 Å². The van der Waals surface area contributed by atoms with E-state index >= 15 is 0 Å². The lowest BCUT2D eigenvalue weighted by Crippen LogP contribution is -2.17. The van der Waals surface area contributed by atoms with Gasteiger partial charge >= 0.3 is 0 Å². The highest BCUT2D eigenvalue weighted by Gasteiger charge is 2.14. The Hall–Kier alpha value is -1.33. The Bertz CT molecular complexity index is 401. The van der Waals surface area contributed by atoms with E-state index in [4.69, 9.17) is 0 Å². The van der Waals surface area contributed by atoms with Gasteiger partial charge in [-0.15, -0.1) is 11.8 Å². The summed E-state index contributed by atoms with van der Waals surface area (Å²) in [7, 11) is 1.85. The van der Waals surface area contributed by atoms with Crippen molar-refractivity contribution in [2.24, 2.45) is 0 Å². The van der Waals surface area contributed by atoms with Crippen LogP contribution in [0.5, 0.6) is 0 Å². The van der Waals surface area contributed by atoms with Crippen LogP contribution in [0.3, 0.4) is 0 Å². The Kier molecular flexibility index (Phi) is 5.01. The summed E-state index contributed by atoms with van der Waals surface area (Å²) in [6, 6.07) is 5.56. The van der Waals surface area contributed by atoms with Crippen LogP contribution >= 0.6 is 0 Å². The number of rotatable bonds is 4. The van der Waals surface area contributed by atoms with Crippen LogP contribution in [0.15, 0.2) is 18.2 Å². The fourth-order valence-electron chi connectivity index (χ4n) is 1.74. The summed E-state index contributed by atoms with van der Waals surface area (Å²) in [5.41, 5.74) is 1.43. The Morgan fingerprint density at radius 2 is 2.19 bits per heavy atom. The lowest BCUT2D eigenvalue weighted by molar-refractivity contribution is 0.511. The van der Waals surface area contributed by atoms with E-state index in [9.17, 15) is 4.39 Å². The van der Waals surface area contributed by atoms with Crippen LogP contribution in [-0.4, -0.2) is 7.05 Å². The molecule has 0 heterocycles. The number of hydrogen-bond acceptors (Lipinski definition) is 1. The third-order valence-corrected chi connectivity index (χ3v) is 2.68. The molecule has 0 amide bonds. The topological polar surface area (TPSA) is 12.0 Å². The highest BCUT2D eigenvalue weighted by atomic mass is 19.1. The van der Waals surface area contributed by atoms with E-state index < -0.39 is 0 Å². The summed E-state index contributed by atoms with van der Waals surface area (Å²) in [5.74, 6) is 5.75. The fraction of sp³-hybridized carbons (Fsp3) is 0.429. The van der Waals surface area contributed by atoms with Crippen LogP contribution in [0, 0.1) is 24.6 Å². The zero-order valence-electron chi connectivity index (χ0n) is 10.1. The molecule has 0 spiro atoms. The van der Waals surface area contributed by atoms with E-state index in [0.717, 1.165) is 18.4 Å². The molecule has 0 aliphatic rings. The molecule has 0 aliphatic heterocycles. The van der Waals surface area contributed by atoms with Crippen LogP contribution in [0.2, 0.25) is 0 Å². The lowest BCUT2D eigenvalue weighted by atomic mass is 9.99. The molecule has 1 N–H and O–H groups in total. The third kappa shape index (κ3) is 3.08. The molecule has 2 heteroatoms. The van der Waals surface area contributed by atoms with Gasteiger partial charge in [-0.2, -0.15) is 0 Å². The van der Waals surface area contributed by atoms with Gasteiger partial charge in [0.1, 0.15) is 5.82 Å². The molecule has 0 fully saturated rings. The van der Waals surface area contributed by atoms with Crippen LogP contribution in [-0.2, 0) is 0 Å². The van der Waals surface area contributed by atoms with Gasteiger partial charge in [-0.3, -0.25) is 0 Å². The summed E-state index contributed by atoms with van der Waals surface area (Å²) >= 11 is 0. The SMILES string of the molecule is CC#CCCC(NC)c1cccc(C)c1F. The summed E-state index contributed by atoms with van der Waals surface area (Å²) in [6.45, 7) is 3.61. The van der Waals surface area contributed by atoms with Crippen molar-refractivity contribution in [2.45, 2.75) is 32.7 Å². The molecule has 1 rings (SSSR count).